The fraction of sp³-hybridized carbons (Fsp3) is 0.143. The quantitative estimate of drug-likeness (QED) is 0.411. The number of fused-ring (bicyclic) bond motifs is 1. The topological polar surface area (TPSA) is 120 Å². The summed E-state index contributed by atoms with van der Waals surface area (Å²) in [7, 11) is 4.17. The molecule has 0 bridgehead atoms. The van der Waals surface area contributed by atoms with Crippen LogP contribution in [0.5, 0.6) is 5.75 Å². The lowest BCUT2D eigenvalue weighted by molar-refractivity contribution is 0.103. The second-order valence-electron chi connectivity index (χ2n) is 6.44. The fourth-order valence-corrected chi connectivity index (χ4v) is 2.98. The molecule has 0 amide bonds. The van der Waals surface area contributed by atoms with Crippen molar-refractivity contribution in [3.8, 4) is 11.8 Å². The summed E-state index contributed by atoms with van der Waals surface area (Å²) in [5, 5.41) is 11.3. The number of anilines is 1. The van der Waals surface area contributed by atoms with Gasteiger partial charge in [0.1, 0.15) is 28.8 Å². The molecule has 3 aromatic rings. The van der Waals surface area contributed by atoms with Crippen LogP contribution < -0.4 is 21.7 Å². The molecule has 1 aromatic heterocycles. The van der Waals surface area contributed by atoms with E-state index in [0.29, 0.717) is 5.56 Å². The number of carbonyl (C=O) groups excluding carboxylic acids is 1. The summed E-state index contributed by atoms with van der Waals surface area (Å²) in [6.07, 6.45) is 1.38. The van der Waals surface area contributed by atoms with E-state index in [1.54, 1.807) is 19.2 Å². The molecule has 0 spiro atoms. The van der Waals surface area contributed by atoms with Gasteiger partial charge in [-0.3, -0.25) is 18.7 Å². The lowest BCUT2D eigenvalue weighted by atomic mass is 10.0. The van der Waals surface area contributed by atoms with Gasteiger partial charge in [0.15, 0.2) is 0 Å². The maximum absolute atomic E-state index is 12.9. The minimum Gasteiger partial charge on any atom is -0.497 e. The normalized spacial score (nSPS) is 11.3. The zero-order chi connectivity index (χ0) is 21.3. The summed E-state index contributed by atoms with van der Waals surface area (Å²) < 4.78 is 6.97. The molecular formula is C21H18N4O4. The monoisotopic (exact) mass is 390 g/mol. The molecule has 3 rings (SSSR count). The smallest absolute Gasteiger partial charge is 0.332 e. The molecule has 2 aromatic carbocycles. The molecular weight excluding hydrogens is 372 g/mol. The summed E-state index contributed by atoms with van der Waals surface area (Å²) in [5.74, 6) is -0.402. The van der Waals surface area contributed by atoms with Crippen LogP contribution in [-0.2, 0) is 14.1 Å². The molecule has 0 saturated heterocycles. The van der Waals surface area contributed by atoms with E-state index in [4.69, 9.17) is 10.5 Å². The first kappa shape index (κ1) is 19.6. The number of carbonyl (C=O) groups is 1. The van der Waals surface area contributed by atoms with E-state index in [0.717, 1.165) is 25.7 Å². The zero-order valence-corrected chi connectivity index (χ0v) is 16.1. The van der Waals surface area contributed by atoms with Crippen LogP contribution in [0.2, 0.25) is 0 Å². The predicted molar refractivity (Wildman–Crippen MR) is 110 cm³/mol. The predicted octanol–water partition coefficient (Wildman–Crippen LogP) is 1.62. The molecule has 0 fully saturated rings. The minimum absolute atomic E-state index is 0.264. The molecule has 0 atom stereocenters. The number of allylic oxidation sites excluding steroid dienone is 1. The van der Waals surface area contributed by atoms with Crippen LogP contribution in [0.3, 0.4) is 0 Å². The highest BCUT2D eigenvalue weighted by Crippen LogP contribution is 2.23. The number of Topliss-reactive ketones (excluding diaryl/α,β-unsaturated/α-hetero) is 1. The van der Waals surface area contributed by atoms with E-state index in [1.165, 1.54) is 20.2 Å². The number of rotatable bonds is 4. The highest BCUT2D eigenvalue weighted by Gasteiger charge is 2.23. The van der Waals surface area contributed by atoms with Gasteiger partial charge >= 0.3 is 5.69 Å². The number of aromatic nitrogens is 2. The number of methoxy groups -OCH3 is 1. The largest absolute Gasteiger partial charge is 0.497 e. The van der Waals surface area contributed by atoms with Crippen molar-refractivity contribution in [1.29, 1.82) is 5.26 Å². The van der Waals surface area contributed by atoms with Crippen LogP contribution in [0.1, 0.15) is 15.9 Å². The highest BCUT2D eigenvalue weighted by molar-refractivity contribution is 6.16. The molecule has 29 heavy (non-hydrogen) atoms. The molecule has 146 valence electrons. The summed E-state index contributed by atoms with van der Waals surface area (Å²) >= 11 is 0. The molecule has 0 aliphatic carbocycles. The van der Waals surface area contributed by atoms with Crippen molar-refractivity contribution in [3.05, 3.63) is 73.9 Å². The summed E-state index contributed by atoms with van der Waals surface area (Å²) in [5.41, 5.74) is 4.25. The molecule has 2 N–H and O–H groups in total. The highest BCUT2D eigenvalue weighted by atomic mass is 16.5. The van der Waals surface area contributed by atoms with Crippen molar-refractivity contribution in [3.63, 3.8) is 0 Å². The average Bonchev–Trinajstić information content (AvgIpc) is 2.74. The number of ether oxygens (including phenoxy) is 1. The van der Waals surface area contributed by atoms with Crippen LogP contribution in [0, 0.1) is 11.3 Å². The van der Waals surface area contributed by atoms with Crippen LogP contribution in [0.25, 0.3) is 16.8 Å². The Bertz CT molecular complexity index is 1340. The Morgan fingerprint density at radius 1 is 1.10 bits per heavy atom. The third kappa shape index (κ3) is 3.41. The molecule has 1 heterocycles. The van der Waals surface area contributed by atoms with Crippen molar-refractivity contribution in [1.82, 2.24) is 9.13 Å². The Balaban J connectivity index is 2.11. The Morgan fingerprint density at radius 2 is 1.76 bits per heavy atom. The Morgan fingerprint density at radius 3 is 2.41 bits per heavy atom. The Hall–Kier alpha value is -4.12. The molecule has 0 saturated carbocycles. The van der Waals surface area contributed by atoms with Crippen molar-refractivity contribution in [2.75, 3.05) is 12.8 Å². The van der Waals surface area contributed by atoms with Gasteiger partial charge in [-0.05, 0) is 40.6 Å². The summed E-state index contributed by atoms with van der Waals surface area (Å²) in [6, 6.07) is 12.7. The van der Waals surface area contributed by atoms with Crippen molar-refractivity contribution in [2.45, 2.75) is 0 Å². The van der Waals surface area contributed by atoms with Gasteiger partial charge in [0, 0.05) is 14.1 Å². The van der Waals surface area contributed by atoms with E-state index in [9.17, 15) is 19.6 Å². The first-order chi connectivity index (χ1) is 13.8. The van der Waals surface area contributed by atoms with Gasteiger partial charge in [-0.1, -0.05) is 18.2 Å². The summed E-state index contributed by atoms with van der Waals surface area (Å²) in [6.45, 7) is 0. The number of ketones is 1. The van der Waals surface area contributed by atoms with Crippen molar-refractivity contribution >= 4 is 28.4 Å². The van der Waals surface area contributed by atoms with E-state index in [2.05, 4.69) is 0 Å². The number of benzene rings is 2. The minimum atomic E-state index is -0.845. The SMILES string of the molecule is COc1ccc2cc(/C=C(\C#N)C(=O)c3c(N)n(C)c(=O)n(C)c3=O)ccc2c1. The number of nitriles is 1. The van der Waals surface area contributed by atoms with Gasteiger partial charge in [-0.15, -0.1) is 0 Å². The first-order valence-corrected chi connectivity index (χ1v) is 8.58. The zero-order valence-electron chi connectivity index (χ0n) is 16.1. The van der Waals surface area contributed by atoms with Gasteiger partial charge in [0.25, 0.3) is 5.56 Å². The van der Waals surface area contributed by atoms with Crippen LogP contribution in [0.4, 0.5) is 5.82 Å². The van der Waals surface area contributed by atoms with Crippen molar-refractivity contribution in [2.24, 2.45) is 14.1 Å². The van der Waals surface area contributed by atoms with Crippen LogP contribution in [0.15, 0.2) is 51.6 Å². The molecule has 0 aliphatic heterocycles. The number of hydrogen-bond acceptors (Lipinski definition) is 6. The number of nitrogens with two attached hydrogens (primary N) is 1. The third-order valence-corrected chi connectivity index (χ3v) is 4.68. The van der Waals surface area contributed by atoms with E-state index < -0.39 is 22.6 Å². The number of nitrogen functional groups attached to an aromatic ring is 1. The Kier molecular flexibility index (Phi) is 5.07. The lowest BCUT2D eigenvalue weighted by Gasteiger charge is -2.10. The second-order valence-corrected chi connectivity index (χ2v) is 6.44. The molecule has 0 aliphatic rings. The molecule has 8 heteroatoms. The number of nitrogens with zero attached hydrogens (tertiary/aromatic N) is 3. The van der Waals surface area contributed by atoms with Gasteiger partial charge in [0.2, 0.25) is 5.78 Å². The maximum Gasteiger partial charge on any atom is 0.332 e. The van der Waals surface area contributed by atoms with E-state index in [1.807, 2.05) is 30.3 Å². The van der Waals surface area contributed by atoms with Gasteiger partial charge in [0.05, 0.1) is 7.11 Å². The lowest BCUT2D eigenvalue weighted by Crippen LogP contribution is -2.41. The van der Waals surface area contributed by atoms with Gasteiger partial charge in [-0.2, -0.15) is 5.26 Å². The van der Waals surface area contributed by atoms with E-state index >= 15 is 0 Å². The summed E-state index contributed by atoms with van der Waals surface area (Å²) in [4.78, 5) is 37.2. The molecule has 8 nitrogen and oxygen atoms in total. The van der Waals surface area contributed by atoms with Crippen molar-refractivity contribution < 1.29 is 9.53 Å². The standard InChI is InChI=1S/C21H18N4O4/c1-24-19(23)17(20(27)25(2)21(24)28)18(26)15(11-22)9-12-4-5-14-10-16(29-3)7-6-13(14)8-12/h4-10H,23H2,1-3H3/b15-9+. The molecule has 0 unspecified atom stereocenters. The fourth-order valence-electron chi connectivity index (χ4n) is 2.98. The first-order valence-electron chi connectivity index (χ1n) is 8.58. The maximum atomic E-state index is 12.9. The second kappa shape index (κ2) is 7.48. The van der Waals surface area contributed by atoms with Crippen LogP contribution >= 0.6 is 0 Å². The van der Waals surface area contributed by atoms with Gasteiger partial charge in [-0.25, -0.2) is 4.79 Å². The van der Waals surface area contributed by atoms with Crippen LogP contribution in [-0.4, -0.2) is 22.0 Å². The average molecular weight is 390 g/mol. The molecule has 0 radical (unpaired) electrons. The third-order valence-electron chi connectivity index (χ3n) is 4.68. The Labute approximate surface area is 165 Å². The van der Waals surface area contributed by atoms with E-state index in [-0.39, 0.29) is 11.4 Å². The van der Waals surface area contributed by atoms with Gasteiger partial charge < -0.3 is 10.5 Å². The number of hydrogen-bond donors (Lipinski definition) is 1.